The molecule has 2 amide bonds. The van der Waals surface area contributed by atoms with Gasteiger partial charge in [-0.1, -0.05) is 19.6 Å². The summed E-state index contributed by atoms with van der Waals surface area (Å²) < 4.78 is 21.4. The van der Waals surface area contributed by atoms with E-state index in [2.05, 4.69) is 17.2 Å². The molecule has 0 fully saturated rings. The van der Waals surface area contributed by atoms with Crippen LogP contribution in [0.4, 0.5) is 16.0 Å². The van der Waals surface area contributed by atoms with Gasteiger partial charge < -0.3 is 14.3 Å². The van der Waals surface area contributed by atoms with Gasteiger partial charge in [0.15, 0.2) is 5.58 Å². The quantitative estimate of drug-likeness (QED) is 0.322. The average Bonchev–Trinajstić information content (AvgIpc) is 3.28. The summed E-state index contributed by atoms with van der Waals surface area (Å²) in [6.45, 7) is 8.95. The molecule has 2 heterocycles. The number of furan rings is 1. The predicted molar refractivity (Wildman–Crippen MR) is 143 cm³/mol. The molecule has 2 aromatic carbocycles. The minimum Gasteiger partial charge on any atom is -0.439 e. The van der Waals surface area contributed by atoms with Crippen LogP contribution >= 0.6 is 0 Å². The highest BCUT2D eigenvalue weighted by Crippen LogP contribution is 2.36. The summed E-state index contributed by atoms with van der Waals surface area (Å²) in [4.78, 5) is 36.9. The molecule has 0 aliphatic rings. The predicted octanol–water partition coefficient (Wildman–Crippen LogP) is 5.62. The van der Waals surface area contributed by atoms with Gasteiger partial charge >= 0.3 is 0 Å². The minimum atomic E-state index is -0.364. The fourth-order valence-corrected chi connectivity index (χ4v) is 4.39. The van der Waals surface area contributed by atoms with Gasteiger partial charge in [0.05, 0.1) is 5.39 Å². The number of benzene rings is 2. The van der Waals surface area contributed by atoms with Gasteiger partial charge in [-0.25, -0.2) is 4.39 Å². The molecular formula is C29H28FN3O4. The van der Waals surface area contributed by atoms with Gasteiger partial charge in [0, 0.05) is 37.0 Å². The molecule has 0 bridgehead atoms. The molecule has 0 radical (unpaired) electrons. The Morgan fingerprint density at radius 3 is 2.43 bits per heavy atom. The van der Waals surface area contributed by atoms with Crippen LogP contribution < -0.4 is 16.2 Å². The first kappa shape index (κ1) is 25.6. The van der Waals surface area contributed by atoms with E-state index in [0.29, 0.717) is 34.2 Å². The molecule has 0 spiro atoms. The molecule has 4 aromatic rings. The number of aromatic nitrogens is 1. The summed E-state index contributed by atoms with van der Waals surface area (Å²) in [5, 5.41) is 5.75. The Hall–Kier alpha value is -4.46. The molecule has 190 valence electrons. The highest BCUT2D eigenvalue weighted by atomic mass is 19.1. The Labute approximate surface area is 213 Å². The van der Waals surface area contributed by atoms with Crippen molar-refractivity contribution < 1.29 is 18.4 Å². The van der Waals surface area contributed by atoms with Crippen molar-refractivity contribution in [1.82, 2.24) is 4.57 Å². The maximum absolute atomic E-state index is 14.0. The molecule has 0 unspecified atom stereocenters. The van der Waals surface area contributed by atoms with E-state index in [1.807, 2.05) is 19.9 Å². The fourth-order valence-electron chi connectivity index (χ4n) is 4.39. The van der Waals surface area contributed by atoms with E-state index in [-0.39, 0.29) is 35.5 Å². The van der Waals surface area contributed by atoms with E-state index < -0.39 is 0 Å². The van der Waals surface area contributed by atoms with Crippen molar-refractivity contribution >= 4 is 34.4 Å². The third kappa shape index (κ3) is 5.23. The maximum Gasteiger partial charge on any atom is 0.261 e. The Kier molecular flexibility index (Phi) is 7.11. The first-order valence-electron chi connectivity index (χ1n) is 11.9. The van der Waals surface area contributed by atoms with Gasteiger partial charge in [-0.2, -0.15) is 0 Å². The summed E-state index contributed by atoms with van der Waals surface area (Å²) in [6, 6.07) is 9.99. The zero-order valence-electron chi connectivity index (χ0n) is 21.2. The lowest BCUT2D eigenvalue weighted by molar-refractivity contribution is -0.116. The molecule has 2 aromatic heterocycles. The number of fused-ring (bicyclic) bond motifs is 1. The number of halogens is 1. The van der Waals surface area contributed by atoms with Crippen molar-refractivity contribution in [3.8, 4) is 11.1 Å². The number of pyridine rings is 1. The molecule has 0 atom stereocenters. The summed E-state index contributed by atoms with van der Waals surface area (Å²) in [5.41, 5.74) is 5.39. The summed E-state index contributed by atoms with van der Waals surface area (Å²) in [7, 11) is 1.64. The molecule has 0 aliphatic heterocycles. The molecule has 4 rings (SSSR count). The van der Waals surface area contributed by atoms with Crippen LogP contribution in [0.2, 0.25) is 0 Å². The van der Waals surface area contributed by atoms with Gasteiger partial charge in [0.1, 0.15) is 5.82 Å². The topological polar surface area (TPSA) is 93.3 Å². The summed E-state index contributed by atoms with van der Waals surface area (Å²) in [5.74, 6) is -0.723. The number of rotatable bonds is 7. The molecule has 7 nitrogen and oxygen atoms in total. The number of anilines is 2. The zero-order valence-corrected chi connectivity index (χ0v) is 21.2. The monoisotopic (exact) mass is 501 g/mol. The molecule has 0 saturated carbocycles. The van der Waals surface area contributed by atoms with Crippen molar-refractivity contribution in [2.75, 3.05) is 10.6 Å². The van der Waals surface area contributed by atoms with E-state index in [0.717, 1.165) is 22.3 Å². The van der Waals surface area contributed by atoms with Crippen LogP contribution in [0.25, 0.3) is 22.1 Å². The van der Waals surface area contributed by atoms with Crippen molar-refractivity contribution in [3.63, 3.8) is 0 Å². The first-order chi connectivity index (χ1) is 17.6. The zero-order chi connectivity index (χ0) is 26.9. The van der Waals surface area contributed by atoms with E-state index >= 15 is 0 Å². The maximum atomic E-state index is 14.0. The van der Waals surface area contributed by atoms with Gasteiger partial charge in [-0.3, -0.25) is 19.7 Å². The highest BCUT2D eigenvalue weighted by molar-refractivity contribution is 6.01. The second-order valence-corrected chi connectivity index (χ2v) is 8.97. The number of amides is 2. The van der Waals surface area contributed by atoms with E-state index in [4.69, 9.17) is 4.42 Å². The van der Waals surface area contributed by atoms with Crippen molar-refractivity contribution in [2.45, 2.75) is 33.6 Å². The third-order valence-electron chi connectivity index (χ3n) is 6.31. The lowest BCUT2D eigenvalue weighted by atomic mass is 9.90. The third-order valence-corrected chi connectivity index (χ3v) is 6.31. The van der Waals surface area contributed by atoms with Crippen LogP contribution in [-0.4, -0.2) is 16.4 Å². The van der Waals surface area contributed by atoms with Crippen LogP contribution in [0, 0.1) is 19.7 Å². The number of hydrogen-bond acceptors (Lipinski definition) is 4. The lowest BCUT2D eigenvalue weighted by Gasteiger charge is -2.16. The molecule has 2 N–H and O–H groups in total. The van der Waals surface area contributed by atoms with Crippen LogP contribution in [0.15, 0.2) is 64.5 Å². The minimum absolute atomic E-state index is 0.175. The number of aryl methyl sites for hydroxylation is 3. The molecular weight excluding hydrogens is 473 g/mol. The second kappa shape index (κ2) is 10.3. The van der Waals surface area contributed by atoms with E-state index in [1.54, 1.807) is 32.3 Å². The normalized spacial score (nSPS) is 10.9. The first-order valence-corrected chi connectivity index (χ1v) is 11.9. The van der Waals surface area contributed by atoms with Gasteiger partial charge in [-0.05, 0) is 78.4 Å². The van der Waals surface area contributed by atoms with E-state index in [9.17, 15) is 18.8 Å². The SMILES string of the molecule is C=CC(=O)Nc1ccc(Cc2c(C)cc(F)cc2C)c(-c2cn(C)c(=O)c3cc(NC(=O)CC)oc23)c1. The fraction of sp³-hybridized carbons (Fsp3) is 0.207. The highest BCUT2D eigenvalue weighted by Gasteiger charge is 2.20. The van der Waals surface area contributed by atoms with Crippen molar-refractivity contribution in [1.29, 1.82) is 0 Å². The Bertz CT molecular complexity index is 1590. The number of carbonyl (C=O) groups excluding carboxylic acids is 2. The van der Waals surface area contributed by atoms with Gasteiger partial charge in [0.2, 0.25) is 17.7 Å². The van der Waals surface area contributed by atoms with Crippen LogP contribution in [-0.2, 0) is 23.1 Å². The summed E-state index contributed by atoms with van der Waals surface area (Å²) in [6.07, 6.45) is 3.58. The van der Waals surface area contributed by atoms with Crippen molar-refractivity contribution in [3.05, 3.63) is 93.7 Å². The van der Waals surface area contributed by atoms with Gasteiger partial charge in [-0.15, -0.1) is 0 Å². The molecule has 8 heteroatoms. The smallest absolute Gasteiger partial charge is 0.261 e. The number of hydrogen-bond donors (Lipinski definition) is 2. The number of carbonyl (C=O) groups is 2. The Morgan fingerprint density at radius 2 is 1.78 bits per heavy atom. The summed E-state index contributed by atoms with van der Waals surface area (Å²) >= 11 is 0. The van der Waals surface area contributed by atoms with Crippen molar-refractivity contribution in [2.24, 2.45) is 7.05 Å². The van der Waals surface area contributed by atoms with Crippen LogP contribution in [0.5, 0.6) is 0 Å². The average molecular weight is 502 g/mol. The lowest BCUT2D eigenvalue weighted by Crippen LogP contribution is -2.16. The number of nitrogens with one attached hydrogen (secondary N) is 2. The Morgan fingerprint density at radius 1 is 1.08 bits per heavy atom. The largest absolute Gasteiger partial charge is 0.439 e. The van der Waals surface area contributed by atoms with E-state index in [1.165, 1.54) is 28.8 Å². The molecule has 0 saturated heterocycles. The molecule has 37 heavy (non-hydrogen) atoms. The number of nitrogens with zero attached hydrogens (tertiary/aromatic N) is 1. The standard InChI is InChI=1S/C29H28FN3O4/c1-6-25(34)31-20-9-8-18(12-21-16(3)10-19(30)11-17(21)4)22(13-20)24-15-33(5)29(36)23-14-27(37-28(23)24)32-26(35)7-2/h6,8-11,13-15H,1,7,12H2,2-5H3,(H,31,34)(H,32,35). The second-order valence-electron chi connectivity index (χ2n) is 8.97. The molecule has 0 aliphatic carbocycles. The Balaban J connectivity index is 1.95. The van der Waals surface area contributed by atoms with Gasteiger partial charge in [0.25, 0.3) is 5.56 Å². The van der Waals surface area contributed by atoms with Crippen LogP contribution in [0.3, 0.4) is 0 Å². The van der Waals surface area contributed by atoms with Crippen LogP contribution in [0.1, 0.15) is 35.6 Å².